The molecular weight excluding hydrogens is 264 g/mol. The van der Waals surface area contributed by atoms with Crippen LogP contribution in [-0.4, -0.2) is 25.8 Å². The van der Waals surface area contributed by atoms with Crippen LogP contribution in [0.3, 0.4) is 0 Å². The second kappa shape index (κ2) is 13.9. The van der Waals surface area contributed by atoms with Gasteiger partial charge in [0.2, 0.25) is 0 Å². The van der Waals surface area contributed by atoms with E-state index in [2.05, 4.69) is 20.1 Å². The molecule has 0 amide bonds. The van der Waals surface area contributed by atoms with Crippen LogP contribution in [0.1, 0.15) is 65.2 Å². The molecule has 0 spiro atoms. The molecule has 0 bridgehead atoms. The lowest BCUT2D eigenvalue weighted by molar-refractivity contribution is -0.139. The molecule has 0 rings (SSSR count). The van der Waals surface area contributed by atoms with E-state index >= 15 is 0 Å². The summed E-state index contributed by atoms with van der Waals surface area (Å²) in [5, 5.41) is 0. The third-order valence-corrected chi connectivity index (χ3v) is 3.14. The summed E-state index contributed by atoms with van der Waals surface area (Å²) in [5.74, 6) is -0.348. The molecule has 0 unspecified atom stereocenters. The predicted octanol–water partition coefficient (Wildman–Crippen LogP) is 4.82. The van der Waals surface area contributed by atoms with E-state index in [1.54, 1.807) is 0 Å². The van der Waals surface area contributed by atoms with E-state index in [-0.39, 0.29) is 12.6 Å². The summed E-state index contributed by atoms with van der Waals surface area (Å²) in [5.41, 5.74) is 1.30. The first-order chi connectivity index (χ1) is 10.1. The summed E-state index contributed by atoms with van der Waals surface area (Å²) in [7, 11) is 0. The Labute approximate surface area is 130 Å². The summed E-state index contributed by atoms with van der Waals surface area (Å²) in [6.07, 6.45) is 9.86. The summed E-state index contributed by atoms with van der Waals surface area (Å²) in [6, 6.07) is 0. The van der Waals surface area contributed by atoms with Crippen LogP contribution in [0.5, 0.6) is 0 Å². The Morgan fingerprint density at radius 2 is 1.48 bits per heavy atom. The number of rotatable bonds is 14. The normalized spacial score (nSPS) is 10.4. The Kier molecular flexibility index (Phi) is 13.2. The fourth-order valence-electron chi connectivity index (χ4n) is 1.91. The molecule has 3 heteroatoms. The van der Waals surface area contributed by atoms with E-state index in [9.17, 15) is 4.79 Å². The first kappa shape index (κ1) is 19.9. The lowest BCUT2D eigenvalue weighted by atomic mass is 10.1. The van der Waals surface area contributed by atoms with E-state index in [1.807, 2.05) is 6.92 Å². The van der Waals surface area contributed by atoms with Crippen LogP contribution < -0.4 is 0 Å². The summed E-state index contributed by atoms with van der Waals surface area (Å²) in [4.78, 5) is 11.6. The molecule has 0 N–H and O–H groups in total. The van der Waals surface area contributed by atoms with E-state index in [1.165, 1.54) is 38.5 Å². The van der Waals surface area contributed by atoms with Gasteiger partial charge in [-0.25, -0.2) is 4.79 Å². The van der Waals surface area contributed by atoms with Crippen molar-refractivity contribution in [3.8, 4) is 0 Å². The monoisotopic (exact) mass is 296 g/mol. The highest BCUT2D eigenvalue weighted by Gasteiger charge is 2.08. The van der Waals surface area contributed by atoms with Gasteiger partial charge in [0.05, 0.1) is 25.4 Å². The molecule has 0 aliphatic rings. The van der Waals surface area contributed by atoms with Crippen molar-refractivity contribution in [2.24, 2.45) is 0 Å². The first-order valence-electron chi connectivity index (χ1n) is 8.15. The van der Waals surface area contributed by atoms with Crippen molar-refractivity contribution in [3.05, 3.63) is 24.3 Å². The van der Waals surface area contributed by atoms with Gasteiger partial charge in [-0.05, 0) is 13.3 Å². The van der Waals surface area contributed by atoms with Gasteiger partial charge in [0, 0.05) is 0 Å². The standard InChI is InChI=1S/C18H32O3/c1-5-6-7-8-9-10-11-12-13-21-18(19)17(4)15-20-14-16(2)3/h2,4-15H2,1,3H3. The number of esters is 1. The van der Waals surface area contributed by atoms with Crippen molar-refractivity contribution in [1.29, 1.82) is 0 Å². The molecule has 21 heavy (non-hydrogen) atoms. The Bertz CT molecular complexity index is 308. The Morgan fingerprint density at radius 1 is 0.905 bits per heavy atom. The molecule has 0 aliphatic carbocycles. The zero-order valence-electron chi connectivity index (χ0n) is 13.9. The van der Waals surface area contributed by atoms with Crippen molar-refractivity contribution < 1.29 is 14.3 Å². The van der Waals surface area contributed by atoms with Gasteiger partial charge in [-0.3, -0.25) is 0 Å². The molecule has 0 heterocycles. The molecule has 0 saturated heterocycles. The van der Waals surface area contributed by atoms with Gasteiger partial charge in [0.1, 0.15) is 0 Å². The molecule has 0 fully saturated rings. The molecular formula is C18H32O3. The highest BCUT2D eigenvalue weighted by molar-refractivity contribution is 5.87. The van der Waals surface area contributed by atoms with Gasteiger partial charge in [0.25, 0.3) is 0 Å². The molecule has 0 atom stereocenters. The van der Waals surface area contributed by atoms with E-state index in [4.69, 9.17) is 9.47 Å². The van der Waals surface area contributed by atoms with Crippen LogP contribution in [0.15, 0.2) is 24.3 Å². The minimum atomic E-state index is -0.348. The number of hydrogen-bond donors (Lipinski definition) is 0. The van der Waals surface area contributed by atoms with E-state index < -0.39 is 0 Å². The summed E-state index contributed by atoms with van der Waals surface area (Å²) in [6.45, 7) is 12.7. The lowest BCUT2D eigenvalue weighted by Crippen LogP contribution is -2.13. The molecule has 122 valence electrons. The van der Waals surface area contributed by atoms with Crippen LogP contribution in [0.2, 0.25) is 0 Å². The Hall–Kier alpha value is -1.09. The highest BCUT2D eigenvalue weighted by Crippen LogP contribution is 2.08. The first-order valence-corrected chi connectivity index (χ1v) is 8.15. The number of hydrogen-bond acceptors (Lipinski definition) is 3. The maximum atomic E-state index is 11.6. The van der Waals surface area contributed by atoms with Gasteiger partial charge in [0.15, 0.2) is 0 Å². The van der Waals surface area contributed by atoms with Crippen molar-refractivity contribution >= 4 is 5.97 Å². The molecule has 0 saturated carbocycles. The number of ether oxygens (including phenoxy) is 2. The van der Waals surface area contributed by atoms with Crippen LogP contribution >= 0.6 is 0 Å². The molecule has 0 aliphatic heterocycles. The predicted molar refractivity (Wildman–Crippen MR) is 88.3 cm³/mol. The molecule has 0 aromatic rings. The molecule has 0 aromatic heterocycles. The smallest absolute Gasteiger partial charge is 0.335 e. The summed E-state index contributed by atoms with van der Waals surface area (Å²) >= 11 is 0. The van der Waals surface area contributed by atoms with Crippen LogP contribution in [0.4, 0.5) is 0 Å². The maximum Gasteiger partial charge on any atom is 0.335 e. The lowest BCUT2D eigenvalue weighted by Gasteiger charge is -2.08. The molecule has 3 nitrogen and oxygen atoms in total. The number of unbranched alkanes of at least 4 members (excludes halogenated alkanes) is 7. The number of carbonyl (C=O) groups is 1. The topological polar surface area (TPSA) is 35.5 Å². The average Bonchev–Trinajstić information content (AvgIpc) is 2.44. The Morgan fingerprint density at radius 3 is 2.05 bits per heavy atom. The zero-order chi connectivity index (χ0) is 15.9. The third kappa shape index (κ3) is 13.6. The van der Waals surface area contributed by atoms with Crippen molar-refractivity contribution in [1.82, 2.24) is 0 Å². The van der Waals surface area contributed by atoms with Gasteiger partial charge in [-0.1, -0.05) is 70.6 Å². The SMILES string of the molecule is C=C(C)COCC(=C)C(=O)OCCCCCCCCCC. The minimum absolute atomic E-state index is 0.211. The number of carbonyl (C=O) groups excluding carboxylic acids is 1. The van der Waals surface area contributed by atoms with E-state index in [0.29, 0.717) is 18.8 Å². The van der Waals surface area contributed by atoms with Gasteiger partial charge >= 0.3 is 5.97 Å². The highest BCUT2D eigenvalue weighted by atomic mass is 16.5. The minimum Gasteiger partial charge on any atom is -0.462 e. The molecule has 0 aromatic carbocycles. The van der Waals surface area contributed by atoms with Crippen LogP contribution in [0, 0.1) is 0 Å². The fourth-order valence-corrected chi connectivity index (χ4v) is 1.91. The Balaban J connectivity index is 3.40. The van der Waals surface area contributed by atoms with Crippen molar-refractivity contribution in [3.63, 3.8) is 0 Å². The zero-order valence-corrected chi connectivity index (χ0v) is 13.9. The maximum absolute atomic E-state index is 11.6. The fraction of sp³-hybridized carbons (Fsp3) is 0.722. The van der Waals surface area contributed by atoms with Crippen LogP contribution in [-0.2, 0) is 14.3 Å². The molecule has 0 radical (unpaired) electrons. The van der Waals surface area contributed by atoms with Gasteiger partial charge in [-0.15, -0.1) is 0 Å². The largest absolute Gasteiger partial charge is 0.462 e. The van der Waals surface area contributed by atoms with Gasteiger partial charge < -0.3 is 9.47 Å². The average molecular weight is 296 g/mol. The third-order valence-electron chi connectivity index (χ3n) is 3.14. The van der Waals surface area contributed by atoms with Gasteiger partial charge in [-0.2, -0.15) is 0 Å². The van der Waals surface area contributed by atoms with E-state index in [0.717, 1.165) is 18.4 Å². The summed E-state index contributed by atoms with van der Waals surface area (Å²) < 4.78 is 10.4. The second-order valence-electron chi connectivity index (χ2n) is 5.66. The van der Waals surface area contributed by atoms with Crippen molar-refractivity contribution in [2.75, 3.05) is 19.8 Å². The second-order valence-corrected chi connectivity index (χ2v) is 5.66. The van der Waals surface area contributed by atoms with Crippen molar-refractivity contribution in [2.45, 2.75) is 65.2 Å². The quantitative estimate of drug-likeness (QED) is 0.199. The van der Waals surface area contributed by atoms with Crippen LogP contribution in [0.25, 0.3) is 0 Å².